The van der Waals surface area contributed by atoms with Crippen molar-refractivity contribution in [3.63, 3.8) is 0 Å². The Hall–Kier alpha value is -1.20. The first-order valence-corrected chi connectivity index (χ1v) is 5.09. The SMILES string of the molecule is CN(C)C1(C=NNC(N)=S)C=CC=CC1. The summed E-state index contributed by atoms with van der Waals surface area (Å²) in [5.74, 6) is 0. The molecular formula is C10H16N4S. The molecule has 15 heavy (non-hydrogen) atoms. The molecule has 82 valence electrons. The molecule has 3 N–H and O–H groups in total. The molecule has 0 bridgehead atoms. The molecule has 0 aromatic carbocycles. The van der Waals surface area contributed by atoms with Crippen LogP contribution in [-0.4, -0.2) is 35.9 Å². The number of rotatable bonds is 3. The zero-order valence-corrected chi connectivity index (χ0v) is 9.79. The summed E-state index contributed by atoms with van der Waals surface area (Å²) in [5, 5.41) is 4.20. The lowest BCUT2D eigenvalue weighted by atomic mass is 9.91. The van der Waals surface area contributed by atoms with Crippen LogP contribution in [0.25, 0.3) is 0 Å². The highest BCUT2D eigenvalue weighted by molar-refractivity contribution is 7.80. The first-order valence-electron chi connectivity index (χ1n) is 4.68. The minimum atomic E-state index is -0.188. The third kappa shape index (κ3) is 3.14. The first kappa shape index (κ1) is 11.9. The second kappa shape index (κ2) is 5.04. The number of allylic oxidation sites excluding steroid dienone is 2. The molecule has 0 saturated carbocycles. The van der Waals surface area contributed by atoms with Crippen LogP contribution in [0.5, 0.6) is 0 Å². The van der Waals surface area contributed by atoms with Crippen LogP contribution in [-0.2, 0) is 0 Å². The normalized spacial score (nSPS) is 25.0. The van der Waals surface area contributed by atoms with Gasteiger partial charge < -0.3 is 5.73 Å². The van der Waals surface area contributed by atoms with Gasteiger partial charge in [0, 0.05) is 6.21 Å². The standard InChI is InChI=1S/C10H16N4S/c1-14(2)10(6-4-3-5-7-10)8-12-13-9(11)15/h3-6,8H,7H2,1-2H3,(H3,11,13,15). The van der Waals surface area contributed by atoms with Crippen molar-refractivity contribution in [2.45, 2.75) is 12.0 Å². The van der Waals surface area contributed by atoms with Gasteiger partial charge in [-0.25, -0.2) is 0 Å². The smallest absolute Gasteiger partial charge is 0.184 e. The number of nitrogens with two attached hydrogens (primary N) is 1. The molecule has 4 nitrogen and oxygen atoms in total. The molecule has 0 aliphatic heterocycles. The van der Waals surface area contributed by atoms with Crippen LogP contribution in [0.15, 0.2) is 29.4 Å². The average molecular weight is 224 g/mol. The Morgan fingerprint density at radius 3 is 2.80 bits per heavy atom. The summed E-state index contributed by atoms with van der Waals surface area (Å²) in [6.07, 6.45) is 10.9. The summed E-state index contributed by atoms with van der Waals surface area (Å²) < 4.78 is 0. The van der Waals surface area contributed by atoms with E-state index < -0.39 is 0 Å². The average Bonchev–Trinajstić information content (AvgIpc) is 2.18. The molecular weight excluding hydrogens is 208 g/mol. The van der Waals surface area contributed by atoms with Gasteiger partial charge in [0.15, 0.2) is 5.11 Å². The van der Waals surface area contributed by atoms with Crippen molar-refractivity contribution in [2.24, 2.45) is 10.8 Å². The minimum absolute atomic E-state index is 0.176. The van der Waals surface area contributed by atoms with E-state index in [1.807, 2.05) is 32.5 Å². The molecule has 0 spiro atoms. The van der Waals surface area contributed by atoms with Crippen LogP contribution in [0.1, 0.15) is 6.42 Å². The Balaban J connectivity index is 2.75. The lowest BCUT2D eigenvalue weighted by molar-refractivity contribution is 0.289. The fraction of sp³-hybridized carbons (Fsp3) is 0.400. The Kier molecular flexibility index (Phi) is 3.99. The van der Waals surface area contributed by atoms with Crippen molar-refractivity contribution in [1.82, 2.24) is 10.3 Å². The number of hydrogen-bond acceptors (Lipinski definition) is 3. The van der Waals surface area contributed by atoms with Crippen LogP contribution in [0, 0.1) is 0 Å². The number of nitrogens with one attached hydrogen (secondary N) is 1. The van der Waals surface area contributed by atoms with Crippen LogP contribution in [0.3, 0.4) is 0 Å². The van der Waals surface area contributed by atoms with Crippen molar-refractivity contribution >= 4 is 23.5 Å². The first-order chi connectivity index (χ1) is 7.07. The molecule has 1 rings (SSSR count). The third-order valence-corrected chi connectivity index (χ3v) is 2.46. The van der Waals surface area contributed by atoms with Crippen LogP contribution < -0.4 is 11.2 Å². The van der Waals surface area contributed by atoms with E-state index in [1.54, 1.807) is 0 Å². The van der Waals surface area contributed by atoms with Gasteiger partial charge >= 0.3 is 0 Å². The molecule has 0 saturated heterocycles. The van der Waals surface area contributed by atoms with Crippen molar-refractivity contribution in [1.29, 1.82) is 0 Å². The predicted molar refractivity (Wildman–Crippen MR) is 67.7 cm³/mol. The van der Waals surface area contributed by atoms with Gasteiger partial charge in [-0.15, -0.1) is 0 Å². The van der Waals surface area contributed by atoms with Gasteiger partial charge in [-0.2, -0.15) is 5.10 Å². The quantitative estimate of drug-likeness (QED) is 0.419. The van der Waals surface area contributed by atoms with E-state index in [4.69, 9.17) is 5.73 Å². The highest BCUT2D eigenvalue weighted by Crippen LogP contribution is 2.20. The Bertz CT molecular complexity index is 319. The summed E-state index contributed by atoms with van der Waals surface area (Å²) in [6.45, 7) is 0. The maximum absolute atomic E-state index is 5.29. The molecule has 5 heteroatoms. The fourth-order valence-electron chi connectivity index (χ4n) is 1.38. The molecule has 1 aliphatic carbocycles. The summed E-state index contributed by atoms with van der Waals surface area (Å²) in [7, 11) is 4.02. The van der Waals surface area contributed by atoms with Crippen LogP contribution >= 0.6 is 12.2 Å². The van der Waals surface area contributed by atoms with Gasteiger partial charge in [-0.05, 0) is 32.7 Å². The van der Waals surface area contributed by atoms with Gasteiger partial charge in [0.2, 0.25) is 0 Å². The molecule has 1 unspecified atom stereocenters. The van der Waals surface area contributed by atoms with E-state index in [9.17, 15) is 0 Å². The summed E-state index contributed by atoms with van der Waals surface area (Å²) >= 11 is 4.67. The maximum Gasteiger partial charge on any atom is 0.184 e. The molecule has 0 amide bonds. The topological polar surface area (TPSA) is 53.6 Å². The van der Waals surface area contributed by atoms with E-state index in [0.717, 1.165) is 6.42 Å². The van der Waals surface area contributed by atoms with Crippen molar-refractivity contribution in [2.75, 3.05) is 14.1 Å². The zero-order chi connectivity index (χ0) is 11.3. The molecule has 0 heterocycles. The molecule has 1 aliphatic rings. The van der Waals surface area contributed by atoms with E-state index in [0.29, 0.717) is 0 Å². The second-order valence-electron chi connectivity index (χ2n) is 3.61. The fourth-order valence-corrected chi connectivity index (χ4v) is 1.43. The summed E-state index contributed by atoms with van der Waals surface area (Å²) in [5.41, 5.74) is 7.67. The van der Waals surface area contributed by atoms with Gasteiger partial charge in [0.25, 0.3) is 0 Å². The van der Waals surface area contributed by atoms with Gasteiger partial charge in [-0.1, -0.05) is 24.3 Å². The van der Waals surface area contributed by atoms with Crippen molar-refractivity contribution in [3.8, 4) is 0 Å². The maximum atomic E-state index is 5.29. The van der Waals surface area contributed by atoms with E-state index >= 15 is 0 Å². The molecule has 1 atom stereocenters. The lowest BCUT2D eigenvalue weighted by Crippen LogP contribution is -2.45. The second-order valence-corrected chi connectivity index (χ2v) is 4.05. The number of likely N-dealkylation sites (N-methyl/N-ethyl adjacent to an activating group) is 1. The van der Waals surface area contributed by atoms with E-state index in [2.05, 4.69) is 39.8 Å². The van der Waals surface area contributed by atoms with Crippen molar-refractivity contribution < 1.29 is 0 Å². The van der Waals surface area contributed by atoms with E-state index in [1.165, 1.54) is 0 Å². The Labute approximate surface area is 95.5 Å². The van der Waals surface area contributed by atoms with Gasteiger partial charge in [-0.3, -0.25) is 10.3 Å². The largest absolute Gasteiger partial charge is 0.375 e. The monoisotopic (exact) mass is 224 g/mol. The highest BCUT2D eigenvalue weighted by Gasteiger charge is 2.27. The minimum Gasteiger partial charge on any atom is -0.375 e. The van der Waals surface area contributed by atoms with Gasteiger partial charge in [0.05, 0.1) is 5.54 Å². The van der Waals surface area contributed by atoms with Crippen molar-refractivity contribution in [3.05, 3.63) is 24.3 Å². The summed E-state index contributed by atoms with van der Waals surface area (Å²) in [4.78, 5) is 2.09. The van der Waals surface area contributed by atoms with Crippen LogP contribution in [0.2, 0.25) is 0 Å². The third-order valence-electron chi connectivity index (χ3n) is 2.37. The highest BCUT2D eigenvalue weighted by atomic mass is 32.1. The number of hydrazone groups is 1. The Morgan fingerprint density at radius 2 is 2.33 bits per heavy atom. The van der Waals surface area contributed by atoms with Crippen LogP contribution in [0.4, 0.5) is 0 Å². The molecule has 0 fully saturated rings. The predicted octanol–water partition coefficient (Wildman–Crippen LogP) is 0.622. The lowest BCUT2D eigenvalue weighted by Gasteiger charge is -2.34. The number of thiocarbonyl (C=S) groups is 1. The summed E-state index contributed by atoms with van der Waals surface area (Å²) in [6, 6.07) is 0. The number of hydrogen-bond donors (Lipinski definition) is 2. The zero-order valence-electron chi connectivity index (χ0n) is 8.97. The molecule has 0 aromatic rings. The van der Waals surface area contributed by atoms with Gasteiger partial charge in [0.1, 0.15) is 0 Å². The molecule has 0 radical (unpaired) electrons. The molecule has 0 aromatic heterocycles. The number of nitrogens with zero attached hydrogens (tertiary/aromatic N) is 2. The Morgan fingerprint density at radius 1 is 1.60 bits per heavy atom. The van der Waals surface area contributed by atoms with E-state index in [-0.39, 0.29) is 10.7 Å².